The van der Waals surface area contributed by atoms with Crippen molar-refractivity contribution >= 4 is 29.3 Å². The predicted octanol–water partition coefficient (Wildman–Crippen LogP) is 3.91. The average Bonchev–Trinajstić information content (AvgIpc) is 2.61. The highest BCUT2D eigenvalue weighted by atomic mass is 19.3. The van der Waals surface area contributed by atoms with Crippen LogP contribution in [0.15, 0.2) is 48.5 Å². The largest absolute Gasteiger partial charge is 0.493 e. The zero-order valence-corrected chi connectivity index (χ0v) is 14.7. The predicted molar refractivity (Wildman–Crippen MR) is 98.0 cm³/mol. The first-order valence-electron chi connectivity index (χ1n) is 7.87. The maximum atomic E-state index is 12.6. The van der Waals surface area contributed by atoms with E-state index in [1.165, 1.54) is 38.3 Å². The van der Waals surface area contributed by atoms with Crippen LogP contribution in [0.3, 0.4) is 0 Å². The molecule has 0 bridgehead atoms. The molecule has 0 spiro atoms. The highest BCUT2D eigenvalue weighted by Gasteiger charge is 2.14. The molecule has 6 nitrogen and oxygen atoms in total. The summed E-state index contributed by atoms with van der Waals surface area (Å²) in [6.07, 6.45) is 2.54. The number of nitrogens with one attached hydrogen (secondary N) is 2. The van der Waals surface area contributed by atoms with Crippen LogP contribution >= 0.6 is 0 Å². The number of amides is 2. The Balaban J connectivity index is 2.09. The van der Waals surface area contributed by atoms with Gasteiger partial charge in [-0.3, -0.25) is 9.59 Å². The Morgan fingerprint density at radius 3 is 2.22 bits per heavy atom. The molecule has 27 heavy (non-hydrogen) atoms. The van der Waals surface area contributed by atoms with Crippen LogP contribution in [0.2, 0.25) is 0 Å². The van der Waals surface area contributed by atoms with Crippen LogP contribution in [-0.2, 0) is 9.59 Å². The van der Waals surface area contributed by atoms with Crippen LogP contribution in [0.25, 0.3) is 6.08 Å². The number of anilines is 2. The molecular formula is C19H18F2N2O4. The van der Waals surface area contributed by atoms with Crippen LogP contribution in [0.4, 0.5) is 20.2 Å². The van der Waals surface area contributed by atoms with E-state index in [1.807, 2.05) is 0 Å². The summed E-state index contributed by atoms with van der Waals surface area (Å²) in [5.41, 5.74) is 1.38. The van der Waals surface area contributed by atoms with E-state index in [4.69, 9.17) is 4.74 Å². The van der Waals surface area contributed by atoms with Gasteiger partial charge in [0, 0.05) is 29.9 Å². The summed E-state index contributed by atoms with van der Waals surface area (Å²) in [6, 6.07) is 11.1. The Hall–Kier alpha value is -3.42. The first-order chi connectivity index (χ1) is 12.9. The van der Waals surface area contributed by atoms with Crippen molar-refractivity contribution in [3.8, 4) is 11.5 Å². The first-order valence-corrected chi connectivity index (χ1v) is 7.87. The van der Waals surface area contributed by atoms with Crippen molar-refractivity contribution in [3.05, 3.63) is 54.1 Å². The lowest BCUT2D eigenvalue weighted by Crippen LogP contribution is -2.09. The number of benzene rings is 2. The molecule has 2 rings (SSSR count). The lowest BCUT2D eigenvalue weighted by Gasteiger charge is -2.12. The summed E-state index contributed by atoms with van der Waals surface area (Å²) in [6.45, 7) is -1.63. The van der Waals surface area contributed by atoms with E-state index < -0.39 is 12.5 Å². The van der Waals surface area contributed by atoms with E-state index in [1.54, 1.807) is 30.3 Å². The minimum Gasteiger partial charge on any atom is -0.493 e. The second kappa shape index (κ2) is 9.33. The Labute approximate surface area is 154 Å². The van der Waals surface area contributed by atoms with Crippen molar-refractivity contribution in [2.45, 2.75) is 13.5 Å². The zero-order chi connectivity index (χ0) is 19.8. The Kier molecular flexibility index (Phi) is 6.87. The smallest absolute Gasteiger partial charge is 0.387 e. The molecule has 0 aliphatic carbocycles. The van der Waals surface area contributed by atoms with Gasteiger partial charge in [0.15, 0.2) is 11.5 Å². The number of ether oxygens (including phenoxy) is 2. The number of methoxy groups -OCH3 is 1. The second-order valence-corrected chi connectivity index (χ2v) is 5.34. The molecule has 0 aromatic heterocycles. The fraction of sp³-hybridized carbons (Fsp3) is 0.158. The number of carbonyl (C=O) groups excluding carboxylic acids is 2. The summed E-state index contributed by atoms with van der Waals surface area (Å²) >= 11 is 0. The molecule has 2 N–H and O–H groups in total. The van der Waals surface area contributed by atoms with E-state index in [-0.39, 0.29) is 23.0 Å². The molecule has 0 fully saturated rings. The maximum Gasteiger partial charge on any atom is 0.387 e. The molecule has 0 aliphatic heterocycles. The molecular weight excluding hydrogens is 358 g/mol. The van der Waals surface area contributed by atoms with Gasteiger partial charge in [0.2, 0.25) is 11.8 Å². The van der Waals surface area contributed by atoms with Gasteiger partial charge in [0.05, 0.1) is 7.11 Å². The van der Waals surface area contributed by atoms with Gasteiger partial charge in [-0.2, -0.15) is 8.78 Å². The van der Waals surface area contributed by atoms with Gasteiger partial charge >= 0.3 is 6.61 Å². The first kappa shape index (κ1) is 19.9. The fourth-order valence-corrected chi connectivity index (χ4v) is 2.23. The molecule has 8 heteroatoms. The lowest BCUT2D eigenvalue weighted by atomic mass is 10.1. The molecule has 0 atom stereocenters. The summed E-state index contributed by atoms with van der Waals surface area (Å²) in [4.78, 5) is 23.0. The molecule has 142 valence electrons. The van der Waals surface area contributed by atoms with E-state index in [9.17, 15) is 18.4 Å². The number of hydrogen-bond donors (Lipinski definition) is 2. The topological polar surface area (TPSA) is 76.7 Å². The van der Waals surface area contributed by atoms with Crippen molar-refractivity contribution in [2.75, 3.05) is 17.7 Å². The van der Waals surface area contributed by atoms with Gasteiger partial charge in [-0.1, -0.05) is 12.1 Å². The Morgan fingerprint density at radius 1 is 1.04 bits per heavy atom. The summed E-state index contributed by atoms with van der Waals surface area (Å²) in [5.74, 6) is -0.687. The Morgan fingerprint density at radius 2 is 1.67 bits per heavy atom. The van der Waals surface area contributed by atoms with Gasteiger partial charge in [-0.25, -0.2) is 0 Å². The van der Waals surface area contributed by atoms with Gasteiger partial charge in [-0.15, -0.1) is 0 Å². The standard InChI is InChI=1S/C19H18F2N2O4/c1-12(24)22-14-7-9-15(10-8-14)23-17(25)11-6-13-4-3-5-16(26-2)18(13)27-19(20)21/h3-11,19H,1-2H3,(H,22,24)(H,23,25)/b11-6+. The number of hydrogen-bond acceptors (Lipinski definition) is 4. The molecule has 0 saturated carbocycles. The maximum absolute atomic E-state index is 12.6. The fourth-order valence-electron chi connectivity index (χ4n) is 2.23. The molecule has 0 unspecified atom stereocenters. The number of carbonyl (C=O) groups is 2. The second-order valence-electron chi connectivity index (χ2n) is 5.34. The zero-order valence-electron chi connectivity index (χ0n) is 14.7. The third-order valence-corrected chi connectivity index (χ3v) is 3.32. The van der Waals surface area contributed by atoms with Gasteiger partial charge in [-0.05, 0) is 36.4 Å². The minimum atomic E-state index is -3.02. The van der Waals surface area contributed by atoms with E-state index in [0.29, 0.717) is 11.4 Å². The van der Waals surface area contributed by atoms with Crippen LogP contribution in [-0.4, -0.2) is 25.5 Å². The van der Waals surface area contributed by atoms with E-state index in [0.717, 1.165) is 0 Å². The monoisotopic (exact) mass is 376 g/mol. The van der Waals surface area contributed by atoms with Crippen molar-refractivity contribution in [3.63, 3.8) is 0 Å². The summed E-state index contributed by atoms with van der Waals surface area (Å²) in [7, 11) is 1.33. The number of rotatable bonds is 7. The Bertz CT molecular complexity index is 836. The number of halogens is 2. The van der Waals surface area contributed by atoms with Crippen LogP contribution in [0, 0.1) is 0 Å². The summed E-state index contributed by atoms with van der Waals surface area (Å²) in [5, 5.41) is 5.23. The number of para-hydroxylation sites is 1. The lowest BCUT2D eigenvalue weighted by molar-refractivity contribution is -0.114. The quantitative estimate of drug-likeness (QED) is 0.719. The van der Waals surface area contributed by atoms with Gasteiger partial charge < -0.3 is 20.1 Å². The van der Waals surface area contributed by atoms with Crippen molar-refractivity contribution < 1.29 is 27.8 Å². The van der Waals surface area contributed by atoms with Crippen LogP contribution < -0.4 is 20.1 Å². The molecule has 2 aromatic carbocycles. The highest BCUT2D eigenvalue weighted by molar-refractivity contribution is 6.02. The van der Waals surface area contributed by atoms with Crippen LogP contribution in [0.5, 0.6) is 11.5 Å². The molecule has 2 amide bonds. The molecule has 0 radical (unpaired) electrons. The molecule has 0 saturated heterocycles. The third-order valence-electron chi connectivity index (χ3n) is 3.32. The summed E-state index contributed by atoms with van der Waals surface area (Å²) < 4.78 is 34.7. The van der Waals surface area contributed by atoms with Gasteiger partial charge in [0.1, 0.15) is 0 Å². The van der Waals surface area contributed by atoms with Crippen molar-refractivity contribution in [1.29, 1.82) is 0 Å². The molecule has 0 aliphatic rings. The van der Waals surface area contributed by atoms with E-state index >= 15 is 0 Å². The minimum absolute atomic E-state index is 0.131. The van der Waals surface area contributed by atoms with Crippen LogP contribution in [0.1, 0.15) is 12.5 Å². The highest BCUT2D eigenvalue weighted by Crippen LogP contribution is 2.33. The molecule has 2 aromatic rings. The van der Waals surface area contributed by atoms with Gasteiger partial charge in [0.25, 0.3) is 0 Å². The SMILES string of the molecule is COc1cccc(/C=C/C(=O)Nc2ccc(NC(C)=O)cc2)c1OC(F)F. The van der Waals surface area contributed by atoms with Crippen molar-refractivity contribution in [1.82, 2.24) is 0 Å². The number of alkyl halides is 2. The molecule has 0 heterocycles. The third kappa shape index (κ3) is 6.10. The normalized spacial score (nSPS) is 10.7. The average molecular weight is 376 g/mol. The van der Waals surface area contributed by atoms with E-state index in [2.05, 4.69) is 15.4 Å². The van der Waals surface area contributed by atoms with Crippen molar-refractivity contribution in [2.24, 2.45) is 0 Å².